The summed E-state index contributed by atoms with van der Waals surface area (Å²) < 4.78 is 16.5. The number of esters is 1. The number of rotatable bonds is 11. The minimum absolute atomic E-state index is 0.354. The number of amides is 2. The predicted molar refractivity (Wildman–Crippen MR) is 161 cm³/mol. The van der Waals surface area contributed by atoms with Crippen molar-refractivity contribution in [2.24, 2.45) is 0 Å². The molecule has 13 nitrogen and oxygen atoms in total. The second-order valence-corrected chi connectivity index (χ2v) is 11.6. The number of nitrogens with one attached hydrogen (secondary N) is 2. The Labute approximate surface area is 252 Å². The first-order valence-electron chi connectivity index (χ1n) is 14.6. The van der Waals surface area contributed by atoms with Crippen molar-refractivity contribution in [1.82, 2.24) is 14.8 Å². The fourth-order valence-electron chi connectivity index (χ4n) is 5.36. The van der Waals surface area contributed by atoms with Crippen LogP contribution in [-0.4, -0.2) is 115 Å². The fourth-order valence-corrected chi connectivity index (χ4v) is 5.36. The Kier molecular flexibility index (Phi) is 10.3. The van der Waals surface area contributed by atoms with Gasteiger partial charge in [0.2, 0.25) is 5.78 Å². The van der Waals surface area contributed by atoms with Crippen molar-refractivity contribution in [3.8, 4) is 0 Å². The number of anilines is 3. The van der Waals surface area contributed by atoms with Crippen molar-refractivity contribution in [2.45, 2.75) is 57.5 Å². The van der Waals surface area contributed by atoms with Gasteiger partial charge in [0.1, 0.15) is 5.82 Å². The fraction of sp³-hybridized carbons (Fsp3) is 0.567. The molecule has 0 bridgehead atoms. The number of pyridine rings is 1. The molecule has 3 saturated heterocycles. The third-order valence-corrected chi connectivity index (χ3v) is 7.32. The number of aromatic nitrogens is 1. The Bertz CT molecular complexity index is 1220. The third-order valence-electron chi connectivity index (χ3n) is 7.32. The molecule has 4 heterocycles. The maximum absolute atomic E-state index is 13.2. The third kappa shape index (κ3) is 7.83. The molecule has 2 amide bonds. The summed E-state index contributed by atoms with van der Waals surface area (Å²) in [5.41, 5.74) is 0.0967. The lowest BCUT2D eigenvalue weighted by Crippen LogP contribution is -2.63. The zero-order chi connectivity index (χ0) is 31.1. The Morgan fingerprint density at radius 2 is 1.74 bits per heavy atom. The zero-order valence-corrected chi connectivity index (χ0v) is 25.2. The van der Waals surface area contributed by atoms with E-state index in [2.05, 4.69) is 28.7 Å². The first-order chi connectivity index (χ1) is 20.5. The van der Waals surface area contributed by atoms with Gasteiger partial charge >= 0.3 is 12.1 Å². The topological polar surface area (TPSA) is 143 Å². The van der Waals surface area contributed by atoms with Gasteiger partial charge in [-0.15, -0.1) is 13.2 Å². The molecule has 3 atom stereocenters. The van der Waals surface area contributed by atoms with Crippen molar-refractivity contribution < 1.29 is 33.4 Å². The van der Waals surface area contributed by atoms with E-state index in [1.807, 2.05) is 12.1 Å². The highest BCUT2D eigenvalue weighted by Gasteiger charge is 2.53. The van der Waals surface area contributed by atoms with Crippen LogP contribution in [0.3, 0.4) is 0 Å². The molecule has 0 radical (unpaired) electrons. The predicted octanol–water partition coefficient (Wildman–Crippen LogP) is 2.21. The minimum Gasteiger partial charge on any atom is -0.449 e. The summed E-state index contributed by atoms with van der Waals surface area (Å²) in [7, 11) is 0. The highest BCUT2D eigenvalue weighted by molar-refractivity contribution is 6.09. The molecule has 0 saturated carbocycles. The van der Waals surface area contributed by atoms with Gasteiger partial charge in [-0.05, 0) is 45.7 Å². The van der Waals surface area contributed by atoms with Gasteiger partial charge < -0.3 is 39.5 Å². The molecule has 1 aromatic heterocycles. The molecule has 13 heteroatoms. The summed E-state index contributed by atoms with van der Waals surface area (Å²) in [6.45, 7) is 15.4. The maximum atomic E-state index is 13.2. The summed E-state index contributed by atoms with van der Waals surface area (Å²) in [6.07, 6.45) is 1.57. The first-order valence-corrected chi connectivity index (χ1v) is 14.6. The van der Waals surface area contributed by atoms with Crippen molar-refractivity contribution in [2.75, 3.05) is 68.0 Å². The maximum Gasteiger partial charge on any atom is 0.410 e. The molecule has 43 heavy (non-hydrogen) atoms. The lowest BCUT2D eigenvalue weighted by molar-refractivity contribution is -0.185. The van der Waals surface area contributed by atoms with Crippen molar-refractivity contribution in [3.63, 3.8) is 0 Å². The smallest absolute Gasteiger partial charge is 0.410 e. The monoisotopic (exact) mass is 598 g/mol. The summed E-state index contributed by atoms with van der Waals surface area (Å²) in [5.74, 6) is -0.390. The summed E-state index contributed by atoms with van der Waals surface area (Å²) in [5, 5.41) is 6.49. The van der Waals surface area contributed by atoms with Crippen LogP contribution in [0.2, 0.25) is 0 Å². The number of ether oxygens (including phenoxy) is 3. The Morgan fingerprint density at radius 3 is 2.42 bits per heavy atom. The number of carbonyl (C=O) groups excluding carboxylic acids is 4. The van der Waals surface area contributed by atoms with Gasteiger partial charge in [0.15, 0.2) is 24.6 Å². The molecule has 1 aromatic rings. The molecule has 234 valence electrons. The van der Waals surface area contributed by atoms with Gasteiger partial charge in [-0.3, -0.25) is 9.59 Å². The molecule has 0 spiro atoms. The molecule has 2 N–H and O–H groups in total. The number of hydrogen-bond acceptors (Lipinski definition) is 11. The summed E-state index contributed by atoms with van der Waals surface area (Å²) in [6, 6.07) is 3.28. The van der Waals surface area contributed by atoms with Crippen LogP contribution in [0.1, 0.15) is 33.6 Å². The van der Waals surface area contributed by atoms with E-state index in [4.69, 9.17) is 19.2 Å². The van der Waals surface area contributed by atoms with E-state index in [1.54, 1.807) is 37.8 Å². The Morgan fingerprint density at radius 1 is 1.05 bits per heavy atom. The number of piperazine rings is 1. The normalized spacial score (nSPS) is 22.1. The van der Waals surface area contributed by atoms with Gasteiger partial charge in [0.25, 0.3) is 5.91 Å². The van der Waals surface area contributed by atoms with Crippen LogP contribution in [0, 0.1) is 0 Å². The number of piperidine rings is 1. The standard InChI is InChI=1S/C30H42N6O7/c1-6-12-31-20-10-11-22(32-13-7-2)33-27(20)34-15-17-35(18-16-34)29(40)41-19-23(37)42-25-21-9-8-14-36(21)28(39)26(24(25)38)43-30(3,4)5/h6-7,10-11,21,25-26,31H,1-2,8-9,12-19H2,3-5H3,(H,32,33). The van der Waals surface area contributed by atoms with Crippen LogP contribution in [-0.2, 0) is 28.6 Å². The van der Waals surface area contributed by atoms with E-state index in [1.165, 1.54) is 4.90 Å². The number of nitrogens with zero attached hydrogens (tertiary/aromatic N) is 4. The minimum atomic E-state index is -1.34. The summed E-state index contributed by atoms with van der Waals surface area (Å²) >= 11 is 0. The molecule has 3 unspecified atom stereocenters. The van der Waals surface area contributed by atoms with Crippen LogP contribution >= 0.6 is 0 Å². The second kappa shape index (κ2) is 13.9. The number of ketones is 1. The number of fused-ring (bicyclic) bond motifs is 1. The van der Waals surface area contributed by atoms with Crippen molar-refractivity contribution in [1.29, 1.82) is 0 Å². The molecule has 3 aliphatic rings. The SMILES string of the molecule is C=CCNc1ccc(NCC=C)c(N2CCN(C(=O)OCC(=O)OC3C(=O)C(OC(C)(C)C)C(=O)N4CCCC34)CC2)n1. The lowest BCUT2D eigenvalue weighted by atomic mass is 9.94. The average Bonchev–Trinajstić information content (AvgIpc) is 3.48. The first kappa shape index (κ1) is 31.8. The van der Waals surface area contributed by atoms with Crippen molar-refractivity contribution >= 4 is 41.1 Å². The van der Waals surface area contributed by atoms with Crippen LogP contribution in [0.15, 0.2) is 37.4 Å². The van der Waals surface area contributed by atoms with Gasteiger partial charge in [-0.1, -0.05) is 12.2 Å². The van der Waals surface area contributed by atoms with Gasteiger partial charge in [-0.2, -0.15) is 0 Å². The van der Waals surface area contributed by atoms with Crippen LogP contribution in [0.25, 0.3) is 0 Å². The van der Waals surface area contributed by atoms with E-state index in [0.717, 1.165) is 11.5 Å². The Balaban J connectivity index is 1.31. The molecule has 3 fully saturated rings. The molecular weight excluding hydrogens is 556 g/mol. The van der Waals surface area contributed by atoms with Gasteiger partial charge in [0.05, 0.1) is 17.3 Å². The summed E-state index contributed by atoms with van der Waals surface area (Å²) in [4.78, 5) is 61.5. The van der Waals surface area contributed by atoms with E-state index >= 15 is 0 Å². The van der Waals surface area contributed by atoms with Crippen LogP contribution < -0.4 is 15.5 Å². The highest BCUT2D eigenvalue weighted by Crippen LogP contribution is 2.31. The van der Waals surface area contributed by atoms with E-state index < -0.39 is 54.2 Å². The largest absolute Gasteiger partial charge is 0.449 e. The zero-order valence-electron chi connectivity index (χ0n) is 25.2. The van der Waals surface area contributed by atoms with Crippen molar-refractivity contribution in [3.05, 3.63) is 37.4 Å². The van der Waals surface area contributed by atoms with Gasteiger partial charge in [0, 0.05) is 45.8 Å². The average molecular weight is 599 g/mol. The molecule has 0 aromatic carbocycles. The molecular formula is C30H42N6O7. The van der Waals surface area contributed by atoms with E-state index in [0.29, 0.717) is 64.5 Å². The van der Waals surface area contributed by atoms with Crippen LogP contribution in [0.4, 0.5) is 22.1 Å². The van der Waals surface area contributed by atoms with E-state index in [-0.39, 0.29) is 0 Å². The Hall–Kier alpha value is -4.13. The van der Waals surface area contributed by atoms with Gasteiger partial charge in [-0.25, -0.2) is 14.6 Å². The van der Waals surface area contributed by atoms with E-state index in [9.17, 15) is 19.2 Å². The molecule has 0 aliphatic carbocycles. The molecule has 4 rings (SSSR count). The second-order valence-electron chi connectivity index (χ2n) is 11.6. The number of carbonyl (C=O) groups is 4. The quantitative estimate of drug-likeness (QED) is 0.220. The van der Waals surface area contributed by atoms with Crippen LogP contribution in [0.5, 0.6) is 0 Å². The highest BCUT2D eigenvalue weighted by atomic mass is 16.6. The number of hydrogen-bond donors (Lipinski definition) is 2. The lowest BCUT2D eigenvalue weighted by Gasteiger charge is -2.40. The number of Topliss-reactive ketones (excluding diaryl/α,β-unsaturated/α-hetero) is 1. The molecule has 3 aliphatic heterocycles.